The van der Waals surface area contributed by atoms with Gasteiger partial charge in [-0.2, -0.15) is 13.5 Å². The number of carboxylic acids is 1. The molecule has 0 aliphatic carbocycles. The van der Waals surface area contributed by atoms with Gasteiger partial charge in [-0.3, -0.25) is 4.79 Å². The maximum absolute atomic E-state index is 14.4. The van der Waals surface area contributed by atoms with Crippen molar-refractivity contribution in [3.05, 3.63) is 58.9 Å². The number of carbonyl (C=O) groups is 1. The first-order valence-corrected chi connectivity index (χ1v) is 7.45. The maximum Gasteiger partial charge on any atom is 0.347 e. The molecule has 0 aliphatic heterocycles. The Bertz CT molecular complexity index is 771. The van der Waals surface area contributed by atoms with Gasteiger partial charge in [-0.15, -0.1) is 0 Å². The second-order valence-electron chi connectivity index (χ2n) is 5.33. The lowest BCUT2D eigenvalue weighted by Crippen LogP contribution is -2.41. The molecule has 2 rings (SSSR count). The van der Waals surface area contributed by atoms with E-state index in [-0.39, 0.29) is 16.7 Å². The molecule has 0 saturated heterocycles. The lowest BCUT2D eigenvalue weighted by atomic mass is 9.97. The lowest BCUT2D eigenvalue weighted by molar-refractivity contribution is -0.624. The average Bonchev–Trinajstić information content (AvgIpc) is 2.56. The Balaban J connectivity index is 2.24. The first-order valence-electron chi connectivity index (χ1n) is 7.45. The standard InChI is InChI=1S/C16H16F3N3O3/c1-2-10(15(23)24)11-6-7-20-14(13(11)17)21-9-16(18,19)12-5-3-4-8-22(12)25/h3-8,10H,2,9H2,1H3,(H,20,21)(H,23,24). The summed E-state index contributed by atoms with van der Waals surface area (Å²) in [5, 5.41) is 22.7. The van der Waals surface area contributed by atoms with E-state index >= 15 is 0 Å². The van der Waals surface area contributed by atoms with Crippen LogP contribution in [-0.4, -0.2) is 22.6 Å². The van der Waals surface area contributed by atoms with Crippen molar-refractivity contribution in [2.24, 2.45) is 0 Å². The van der Waals surface area contributed by atoms with Gasteiger partial charge in [0, 0.05) is 23.9 Å². The van der Waals surface area contributed by atoms with E-state index in [9.17, 15) is 23.2 Å². The number of pyridine rings is 2. The SMILES string of the molecule is CCC(C(=O)O)c1ccnc(NCC(F)(F)c2cccc[n+]2[O-])c1F. The van der Waals surface area contributed by atoms with Crippen LogP contribution in [0.25, 0.3) is 0 Å². The van der Waals surface area contributed by atoms with Crippen molar-refractivity contribution in [3.63, 3.8) is 0 Å². The predicted octanol–water partition coefficient (Wildman–Crippen LogP) is 2.64. The second-order valence-corrected chi connectivity index (χ2v) is 5.33. The molecule has 0 spiro atoms. The summed E-state index contributed by atoms with van der Waals surface area (Å²) >= 11 is 0. The quantitative estimate of drug-likeness (QED) is 0.589. The van der Waals surface area contributed by atoms with Crippen LogP contribution >= 0.6 is 0 Å². The van der Waals surface area contributed by atoms with E-state index < -0.39 is 41.7 Å². The molecule has 0 bridgehead atoms. The second kappa shape index (κ2) is 7.37. The number of nitrogens with zero attached hydrogens (tertiary/aromatic N) is 2. The Morgan fingerprint density at radius 2 is 2.16 bits per heavy atom. The highest BCUT2D eigenvalue weighted by Gasteiger charge is 2.39. The van der Waals surface area contributed by atoms with Gasteiger partial charge in [0.1, 0.15) is 0 Å². The first-order chi connectivity index (χ1) is 11.8. The first kappa shape index (κ1) is 18.5. The molecule has 0 radical (unpaired) electrons. The van der Waals surface area contributed by atoms with E-state index in [2.05, 4.69) is 10.3 Å². The van der Waals surface area contributed by atoms with Crippen LogP contribution in [0.2, 0.25) is 0 Å². The number of hydrogen-bond acceptors (Lipinski definition) is 4. The van der Waals surface area contributed by atoms with Gasteiger partial charge in [0.2, 0.25) is 0 Å². The zero-order valence-corrected chi connectivity index (χ0v) is 13.2. The largest absolute Gasteiger partial charge is 0.618 e. The van der Waals surface area contributed by atoms with E-state index in [1.165, 1.54) is 18.2 Å². The summed E-state index contributed by atoms with van der Waals surface area (Å²) in [6.07, 6.45) is 2.20. The fraction of sp³-hybridized carbons (Fsp3) is 0.312. The molecule has 6 nitrogen and oxygen atoms in total. The topological polar surface area (TPSA) is 89.2 Å². The predicted molar refractivity (Wildman–Crippen MR) is 82.6 cm³/mol. The number of alkyl halides is 2. The molecule has 9 heteroatoms. The van der Waals surface area contributed by atoms with Crippen LogP contribution in [0.4, 0.5) is 19.0 Å². The number of aliphatic carboxylic acids is 1. The van der Waals surface area contributed by atoms with Crippen LogP contribution in [-0.2, 0) is 10.7 Å². The minimum Gasteiger partial charge on any atom is -0.618 e. The summed E-state index contributed by atoms with van der Waals surface area (Å²) < 4.78 is 42.8. The zero-order valence-electron chi connectivity index (χ0n) is 13.2. The van der Waals surface area contributed by atoms with Crippen molar-refractivity contribution >= 4 is 11.8 Å². The fourth-order valence-corrected chi connectivity index (χ4v) is 2.38. The molecule has 2 aromatic heterocycles. The third-order valence-corrected chi connectivity index (χ3v) is 3.68. The number of rotatable bonds is 7. The van der Waals surface area contributed by atoms with Crippen LogP contribution in [0.5, 0.6) is 0 Å². The summed E-state index contributed by atoms with van der Waals surface area (Å²) in [4.78, 5) is 14.8. The number of anilines is 1. The normalized spacial score (nSPS) is 12.6. The van der Waals surface area contributed by atoms with E-state index in [1.54, 1.807) is 6.92 Å². The number of aromatic nitrogens is 2. The smallest absolute Gasteiger partial charge is 0.347 e. The van der Waals surface area contributed by atoms with Crippen molar-refractivity contribution in [2.75, 3.05) is 11.9 Å². The Kier molecular flexibility index (Phi) is 5.45. The highest BCUT2D eigenvalue weighted by molar-refractivity contribution is 5.76. The zero-order chi connectivity index (χ0) is 18.6. The van der Waals surface area contributed by atoms with Gasteiger partial charge in [0.15, 0.2) is 17.8 Å². The van der Waals surface area contributed by atoms with Gasteiger partial charge < -0.3 is 15.6 Å². The van der Waals surface area contributed by atoms with Crippen molar-refractivity contribution in [3.8, 4) is 0 Å². The third-order valence-electron chi connectivity index (χ3n) is 3.68. The third kappa shape index (κ3) is 3.98. The number of halogens is 3. The number of nitrogens with one attached hydrogen (secondary N) is 1. The van der Waals surface area contributed by atoms with Crippen LogP contribution < -0.4 is 10.0 Å². The van der Waals surface area contributed by atoms with E-state index in [0.29, 0.717) is 0 Å². The monoisotopic (exact) mass is 355 g/mol. The highest BCUT2D eigenvalue weighted by Crippen LogP contribution is 2.29. The number of carboxylic acid groups (broad SMARTS) is 1. The van der Waals surface area contributed by atoms with Crippen molar-refractivity contribution < 1.29 is 27.8 Å². The molecular formula is C16H16F3N3O3. The fourth-order valence-electron chi connectivity index (χ4n) is 2.38. The molecule has 25 heavy (non-hydrogen) atoms. The Labute approximate surface area is 141 Å². The Hall–Kier alpha value is -2.84. The van der Waals surface area contributed by atoms with E-state index in [1.807, 2.05) is 0 Å². The molecule has 0 aliphatic rings. The Morgan fingerprint density at radius 3 is 2.76 bits per heavy atom. The maximum atomic E-state index is 14.4. The molecule has 134 valence electrons. The lowest BCUT2D eigenvalue weighted by Gasteiger charge is -2.18. The van der Waals surface area contributed by atoms with Gasteiger partial charge in [-0.05, 0) is 18.6 Å². The van der Waals surface area contributed by atoms with Crippen molar-refractivity contribution in [2.45, 2.75) is 25.2 Å². The van der Waals surface area contributed by atoms with E-state index in [4.69, 9.17) is 5.11 Å². The summed E-state index contributed by atoms with van der Waals surface area (Å²) in [6, 6.07) is 4.76. The summed E-state index contributed by atoms with van der Waals surface area (Å²) in [5.74, 6) is -7.41. The molecule has 2 N–H and O–H groups in total. The molecule has 0 amide bonds. The molecule has 2 aromatic rings. The van der Waals surface area contributed by atoms with Crippen LogP contribution in [0, 0.1) is 11.0 Å². The van der Waals surface area contributed by atoms with Gasteiger partial charge in [-0.1, -0.05) is 6.92 Å². The molecule has 2 heterocycles. The Morgan fingerprint density at radius 1 is 1.44 bits per heavy atom. The summed E-state index contributed by atoms with van der Waals surface area (Å²) in [6.45, 7) is 0.499. The van der Waals surface area contributed by atoms with Gasteiger partial charge in [-0.25, -0.2) is 9.37 Å². The molecule has 0 saturated carbocycles. The van der Waals surface area contributed by atoms with Crippen LogP contribution in [0.15, 0.2) is 36.7 Å². The molecule has 0 aromatic carbocycles. The van der Waals surface area contributed by atoms with Crippen LogP contribution in [0.1, 0.15) is 30.5 Å². The van der Waals surface area contributed by atoms with E-state index in [0.717, 1.165) is 18.5 Å². The molecule has 0 fully saturated rings. The highest BCUT2D eigenvalue weighted by atomic mass is 19.3. The summed E-state index contributed by atoms with van der Waals surface area (Å²) in [5.41, 5.74) is -0.939. The molecule has 1 unspecified atom stereocenters. The molecule has 1 atom stereocenters. The van der Waals surface area contributed by atoms with Gasteiger partial charge in [0.25, 0.3) is 5.69 Å². The minimum absolute atomic E-state index is 0.0272. The summed E-state index contributed by atoms with van der Waals surface area (Å²) in [7, 11) is 0. The number of hydrogen-bond donors (Lipinski definition) is 2. The molecular weight excluding hydrogens is 339 g/mol. The van der Waals surface area contributed by atoms with Gasteiger partial charge >= 0.3 is 11.9 Å². The van der Waals surface area contributed by atoms with Crippen LogP contribution in [0.3, 0.4) is 0 Å². The van der Waals surface area contributed by atoms with Gasteiger partial charge in [0.05, 0.1) is 12.5 Å². The van der Waals surface area contributed by atoms with Crippen molar-refractivity contribution in [1.29, 1.82) is 0 Å². The minimum atomic E-state index is -3.58. The average molecular weight is 355 g/mol. The van der Waals surface area contributed by atoms with Crippen molar-refractivity contribution in [1.82, 2.24) is 4.98 Å².